The third-order valence-corrected chi connectivity index (χ3v) is 4.18. The van der Waals surface area contributed by atoms with Gasteiger partial charge in [0.1, 0.15) is 6.10 Å². The molecule has 2 aromatic rings. The van der Waals surface area contributed by atoms with E-state index in [1.54, 1.807) is 20.2 Å². The van der Waals surface area contributed by atoms with Gasteiger partial charge >= 0.3 is 0 Å². The summed E-state index contributed by atoms with van der Waals surface area (Å²) >= 11 is 0. The number of aryl methyl sites for hydroxylation is 1. The predicted octanol–water partition coefficient (Wildman–Crippen LogP) is 2.35. The lowest BCUT2D eigenvalue weighted by molar-refractivity contribution is 0.0925. The largest absolute Gasteiger partial charge is 0.493 e. The number of amides is 1. The maximum absolute atomic E-state index is 12.0. The van der Waals surface area contributed by atoms with E-state index in [9.17, 15) is 4.79 Å². The van der Waals surface area contributed by atoms with Crippen molar-refractivity contribution in [3.8, 4) is 11.5 Å². The summed E-state index contributed by atoms with van der Waals surface area (Å²) in [6.07, 6.45) is 2.18. The van der Waals surface area contributed by atoms with E-state index in [1.165, 1.54) is 6.26 Å². The Bertz CT molecular complexity index is 803. The summed E-state index contributed by atoms with van der Waals surface area (Å²) in [7, 11) is 3.33. The van der Waals surface area contributed by atoms with Gasteiger partial charge in [0.25, 0.3) is 5.91 Å². The molecule has 0 radical (unpaired) electrons. The Morgan fingerprint density at radius 1 is 1.14 bits per heavy atom. The zero-order chi connectivity index (χ0) is 21.1. The van der Waals surface area contributed by atoms with Crippen LogP contribution in [0.1, 0.15) is 29.5 Å². The first kappa shape index (κ1) is 22.1. The van der Waals surface area contributed by atoms with Crippen LogP contribution in [-0.4, -0.2) is 51.8 Å². The number of benzene rings is 1. The van der Waals surface area contributed by atoms with Gasteiger partial charge in [0, 0.05) is 25.7 Å². The van der Waals surface area contributed by atoms with Crippen molar-refractivity contribution in [1.29, 1.82) is 0 Å². The number of aliphatic imine (C=N–C) groups is 1. The van der Waals surface area contributed by atoms with Gasteiger partial charge in [-0.15, -0.1) is 0 Å². The highest BCUT2D eigenvalue weighted by Crippen LogP contribution is 2.26. The molecule has 0 aliphatic heterocycles. The van der Waals surface area contributed by atoms with Crippen molar-refractivity contribution in [3.63, 3.8) is 0 Å². The fourth-order valence-electron chi connectivity index (χ4n) is 2.62. The summed E-state index contributed by atoms with van der Waals surface area (Å²) in [6, 6.07) is 9.32. The number of hydrogen-bond donors (Lipinski definition) is 3. The van der Waals surface area contributed by atoms with Crippen LogP contribution in [0.3, 0.4) is 0 Å². The minimum absolute atomic E-state index is 0.0827. The van der Waals surface area contributed by atoms with E-state index < -0.39 is 0 Å². The molecule has 8 heteroatoms. The van der Waals surface area contributed by atoms with E-state index in [2.05, 4.69) is 20.9 Å². The number of para-hydroxylation sites is 2. The van der Waals surface area contributed by atoms with Crippen LogP contribution in [0.2, 0.25) is 0 Å². The number of hydrogen-bond acceptors (Lipinski definition) is 5. The van der Waals surface area contributed by atoms with Crippen LogP contribution in [-0.2, 0) is 0 Å². The highest BCUT2D eigenvalue weighted by molar-refractivity contribution is 5.92. The normalized spacial score (nSPS) is 12.2. The molecule has 0 spiro atoms. The molecule has 1 amide bonds. The van der Waals surface area contributed by atoms with E-state index in [4.69, 9.17) is 13.9 Å². The van der Waals surface area contributed by atoms with Crippen molar-refractivity contribution in [2.45, 2.75) is 26.4 Å². The highest BCUT2D eigenvalue weighted by Gasteiger charge is 2.12. The number of carbonyl (C=O) groups excluding carboxylic acids is 1. The second-order valence-corrected chi connectivity index (χ2v) is 6.50. The van der Waals surface area contributed by atoms with E-state index in [0.717, 1.165) is 12.0 Å². The van der Waals surface area contributed by atoms with Crippen LogP contribution in [0.4, 0.5) is 0 Å². The number of furan rings is 1. The molecule has 0 saturated carbocycles. The third kappa shape index (κ3) is 7.06. The lowest BCUT2D eigenvalue weighted by Crippen LogP contribution is -2.42. The SMILES string of the molecule is CN=C(NCCCNC(=O)c1occc1C)NCC(C)Oc1ccccc1OC. The van der Waals surface area contributed by atoms with Crippen molar-refractivity contribution in [2.24, 2.45) is 4.99 Å². The van der Waals surface area contributed by atoms with Crippen LogP contribution in [0.25, 0.3) is 0 Å². The molecule has 3 N–H and O–H groups in total. The number of methoxy groups -OCH3 is 1. The van der Waals surface area contributed by atoms with Gasteiger partial charge in [-0.3, -0.25) is 9.79 Å². The fraction of sp³-hybridized carbons (Fsp3) is 0.429. The molecular formula is C21H30N4O4. The number of carbonyl (C=O) groups is 1. The molecule has 0 bridgehead atoms. The minimum Gasteiger partial charge on any atom is -0.493 e. The Kier molecular flexibility index (Phi) is 8.88. The average Bonchev–Trinajstić information content (AvgIpc) is 3.16. The fourth-order valence-corrected chi connectivity index (χ4v) is 2.62. The summed E-state index contributed by atoms with van der Waals surface area (Å²) in [5.74, 6) is 2.24. The second-order valence-electron chi connectivity index (χ2n) is 6.50. The van der Waals surface area contributed by atoms with Gasteiger partial charge in [-0.1, -0.05) is 12.1 Å². The summed E-state index contributed by atoms with van der Waals surface area (Å²) in [5.41, 5.74) is 0.828. The number of nitrogens with one attached hydrogen (secondary N) is 3. The number of nitrogens with zero attached hydrogens (tertiary/aromatic N) is 1. The number of guanidine groups is 1. The standard InChI is InChI=1S/C21H30N4O4/c1-15-10-13-28-19(15)20(26)23-11-7-12-24-21(22-3)25-14-16(2)29-18-9-6-5-8-17(18)27-4/h5-6,8-10,13,16H,7,11-12,14H2,1-4H3,(H,23,26)(H2,22,24,25). The van der Waals surface area contributed by atoms with Crippen LogP contribution < -0.4 is 25.4 Å². The minimum atomic E-state index is -0.197. The third-order valence-electron chi connectivity index (χ3n) is 4.18. The molecule has 1 heterocycles. The molecule has 1 unspecified atom stereocenters. The lowest BCUT2D eigenvalue weighted by Gasteiger charge is -2.19. The summed E-state index contributed by atoms with van der Waals surface area (Å²) < 4.78 is 16.4. The van der Waals surface area contributed by atoms with Crippen LogP contribution in [0.15, 0.2) is 46.0 Å². The zero-order valence-corrected chi connectivity index (χ0v) is 17.5. The second kappa shape index (κ2) is 11.6. The van der Waals surface area contributed by atoms with Crippen molar-refractivity contribution in [1.82, 2.24) is 16.0 Å². The molecule has 1 aromatic heterocycles. The Balaban J connectivity index is 1.64. The topological polar surface area (TPSA) is 97.1 Å². The molecule has 1 atom stereocenters. The van der Waals surface area contributed by atoms with Gasteiger partial charge in [0.05, 0.1) is 19.9 Å². The van der Waals surface area contributed by atoms with E-state index >= 15 is 0 Å². The number of rotatable bonds is 10. The molecule has 0 aliphatic rings. The van der Waals surface area contributed by atoms with Gasteiger partial charge in [-0.25, -0.2) is 0 Å². The molecule has 8 nitrogen and oxygen atoms in total. The van der Waals surface area contributed by atoms with Gasteiger partial charge in [0.15, 0.2) is 23.2 Å². The van der Waals surface area contributed by atoms with Crippen LogP contribution >= 0.6 is 0 Å². The first-order chi connectivity index (χ1) is 14.0. The van der Waals surface area contributed by atoms with Gasteiger partial charge in [0.2, 0.25) is 0 Å². The Morgan fingerprint density at radius 3 is 2.52 bits per heavy atom. The molecular weight excluding hydrogens is 372 g/mol. The summed E-state index contributed by atoms with van der Waals surface area (Å²) in [5, 5.41) is 9.28. The highest BCUT2D eigenvalue weighted by atomic mass is 16.5. The van der Waals surface area contributed by atoms with E-state index in [0.29, 0.717) is 42.9 Å². The smallest absolute Gasteiger partial charge is 0.287 e. The Labute approximate surface area is 171 Å². The van der Waals surface area contributed by atoms with Crippen molar-refractivity contribution < 1.29 is 18.7 Å². The molecule has 0 saturated heterocycles. The first-order valence-corrected chi connectivity index (χ1v) is 9.61. The van der Waals surface area contributed by atoms with Gasteiger partial charge in [-0.05, 0) is 38.5 Å². The molecule has 0 fully saturated rings. The average molecular weight is 402 g/mol. The predicted molar refractivity (Wildman–Crippen MR) is 113 cm³/mol. The van der Waals surface area contributed by atoms with Crippen LogP contribution in [0, 0.1) is 6.92 Å². The van der Waals surface area contributed by atoms with Crippen LogP contribution in [0.5, 0.6) is 11.5 Å². The molecule has 158 valence electrons. The van der Waals surface area contributed by atoms with Crippen molar-refractivity contribution in [3.05, 3.63) is 47.9 Å². The maximum atomic E-state index is 12.0. The lowest BCUT2D eigenvalue weighted by atomic mass is 10.2. The molecule has 0 aliphatic carbocycles. The monoisotopic (exact) mass is 402 g/mol. The first-order valence-electron chi connectivity index (χ1n) is 9.61. The molecule has 1 aromatic carbocycles. The van der Waals surface area contributed by atoms with Crippen molar-refractivity contribution >= 4 is 11.9 Å². The Hall–Kier alpha value is -3.16. The molecule has 2 rings (SSSR count). The summed E-state index contributed by atoms with van der Waals surface area (Å²) in [6.45, 7) is 5.59. The quantitative estimate of drug-likeness (QED) is 0.321. The van der Waals surface area contributed by atoms with Gasteiger partial charge in [-0.2, -0.15) is 0 Å². The number of ether oxygens (including phenoxy) is 2. The molecule has 29 heavy (non-hydrogen) atoms. The maximum Gasteiger partial charge on any atom is 0.287 e. The van der Waals surface area contributed by atoms with E-state index in [-0.39, 0.29) is 12.0 Å². The van der Waals surface area contributed by atoms with E-state index in [1.807, 2.05) is 38.1 Å². The van der Waals surface area contributed by atoms with Crippen molar-refractivity contribution in [2.75, 3.05) is 33.8 Å². The Morgan fingerprint density at radius 2 is 1.86 bits per heavy atom. The summed E-state index contributed by atoms with van der Waals surface area (Å²) in [4.78, 5) is 16.2. The van der Waals surface area contributed by atoms with Gasteiger partial charge < -0.3 is 29.8 Å². The zero-order valence-electron chi connectivity index (χ0n) is 17.5.